The summed E-state index contributed by atoms with van der Waals surface area (Å²) in [5.74, 6) is 1.16. The van der Waals surface area contributed by atoms with Gasteiger partial charge >= 0.3 is 0 Å². The van der Waals surface area contributed by atoms with Crippen LogP contribution in [0, 0.1) is 11.8 Å². The molecule has 122 valence electrons. The van der Waals surface area contributed by atoms with E-state index < -0.39 is 0 Å². The van der Waals surface area contributed by atoms with Crippen LogP contribution in [0.15, 0.2) is 0 Å². The van der Waals surface area contributed by atoms with Crippen LogP contribution in [0.2, 0.25) is 0 Å². The van der Waals surface area contributed by atoms with Crippen LogP contribution >= 0.6 is 0 Å². The maximum Gasteiger partial charge on any atom is 0.0939 e. The van der Waals surface area contributed by atoms with Crippen molar-refractivity contribution in [1.29, 1.82) is 0 Å². The summed E-state index contributed by atoms with van der Waals surface area (Å²) in [6.07, 6.45) is 9.96. The van der Waals surface area contributed by atoms with E-state index in [-0.39, 0.29) is 17.7 Å². The van der Waals surface area contributed by atoms with Gasteiger partial charge in [0.05, 0.1) is 18.3 Å². The molecule has 3 rings (SSSR count). The second-order valence-electron chi connectivity index (χ2n) is 7.26. The number of rotatable bonds is 4. The number of ether oxygens (including phenoxy) is 3. The Hall–Kier alpha value is -0.160. The molecular weight excluding hydrogens is 266 g/mol. The summed E-state index contributed by atoms with van der Waals surface area (Å²) >= 11 is 0. The van der Waals surface area contributed by atoms with Gasteiger partial charge in [0.2, 0.25) is 0 Å². The molecule has 1 spiro atoms. The predicted octanol–water partition coefficient (Wildman–Crippen LogP) is 2.49. The number of nitrogens with two attached hydrogens (primary N) is 1. The third-order valence-corrected chi connectivity index (χ3v) is 5.91. The molecule has 2 aliphatic heterocycles. The fourth-order valence-corrected chi connectivity index (χ4v) is 4.65. The molecule has 0 aromatic heterocycles. The minimum absolute atomic E-state index is 0.0502. The lowest BCUT2D eigenvalue weighted by Gasteiger charge is -2.43. The van der Waals surface area contributed by atoms with Crippen LogP contribution in [0.1, 0.15) is 51.4 Å². The average molecular weight is 297 g/mol. The van der Waals surface area contributed by atoms with Gasteiger partial charge in [-0.2, -0.15) is 0 Å². The van der Waals surface area contributed by atoms with Crippen molar-refractivity contribution < 1.29 is 14.2 Å². The zero-order chi connectivity index (χ0) is 14.7. The molecule has 4 atom stereocenters. The molecule has 0 amide bonds. The first kappa shape index (κ1) is 15.7. The van der Waals surface area contributed by atoms with Gasteiger partial charge in [0.25, 0.3) is 0 Å². The van der Waals surface area contributed by atoms with E-state index in [0.29, 0.717) is 11.8 Å². The Bertz CT molecular complexity index is 324. The Balaban J connectivity index is 1.63. The first-order valence-electron chi connectivity index (χ1n) is 8.74. The molecule has 1 saturated carbocycles. The summed E-state index contributed by atoms with van der Waals surface area (Å²) in [7, 11) is 1.84. The molecule has 0 bridgehead atoms. The molecule has 4 heteroatoms. The van der Waals surface area contributed by atoms with Crippen molar-refractivity contribution in [3.05, 3.63) is 0 Å². The third-order valence-electron chi connectivity index (χ3n) is 5.91. The van der Waals surface area contributed by atoms with E-state index in [1.54, 1.807) is 0 Å². The van der Waals surface area contributed by atoms with E-state index in [0.717, 1.165) is 39.1 Å². The summed E-state index contributed by atoms with van der Waals surface area (Å²) in [6, 6.07) is 0.138. The van der Waals surface area contributed by atoms with Crippen LogP contribution in [0.25, 0.3) is 0 Å². The Kier molecular flexibility index (Phi) is 5.20. The Labute approximate surface area is 128 Å². The average Bonchev–Trinajstić information content (AvgIpc) is 2.97. The molecule has 2 heterocycles. The van der Waals surface area contributed by atoms with E-state index in [1.165, 1.54) is 32.1 Å². The van der Waals surface area contributed by atoms with Gasteiger partial charge in [-0.1, -0.05) is 19.3 Å². The Morgan fingerprint density at radius 1 is 1.10 bits per heavy atom. The highest BCUT2D eigenvalue weighted by atomic mass is 16.6. The molecule has 0 radical (unpaired) electrons. The Morgan fingerprint density at radius 2 is 1.90 bits per heavy atom. The first-order chi connectivity index (χ1) is 10.2. The zero-order valence-corrected chi connectivity index (χ0v) is 13.4. The largest absolute Gasteiger partial charge is 0.380 e. The van der Waals surface area contributed by atoms with Crippen molar-refractivity contribution in [1.82, 2.24) is 0 Å². The van der Waals surface area contributed by atoms with Gasteiger partial charge < -0.3 is 19.9 Å². The quantitative estimate of drug-likeness (QED) is 0.866. The van der Waals surface area contributed by atoms with Gasteiger partial charge in [-0.3, -0.25) is 0 Å². The van der Waals surface area contributed by atoms with Gasteiger partial charge in [0.15, 0.2) is 0 Å². The molecule has 21 heavy (non-hydrogen) atoms. The van der Waals surface area contributed by atoms with Crippen molar-refractivity contribution in [2.45, 2.75) is 69.1 Å². The molecule has 0 aromatic carbocycles. The van der Waals surface area contributed by atoms with Crippen molar-refractivity contribution in [3.8, 4) is 0 Å². The van der Waals surface area contributed by atoms with Crippen LogP contribution in [0.4, 0.5) is 0 Å². The fraction of sp³-hybridized carbons (Fsp3) is 1.00. The van der Waals surface area contributed by atoms with Crippen molar-refractivity contribution in [2.24, 2.45) is 17.6 Å². The summed E-state index contributed by atoms with van der Waals surface area (Å²) in [4.78, 5) is 0. The van der Waals surface area contributed by atoms with Gasteiger partial charge in [-0.25, -0.2) is 0 Å². The SMILES string of the molecule is COC(C1CCCCC1)C(N)C1CCOC2(CCOC2)C1. The van der Waals surface area contributed by atoms with Gasteiger partial charge in [-0.15, -0.1) is 0 Å². The molecular formula is C17H31NO3. The highest BCUT2D eigenvalue weighted by Crippen LogP contribution is 2.39. The van der Waals surface area contributed by atoms with Crippen molar-refractivity contribution in [3.63, 3.8) is 0 Å². The molecule has 0 aromatic rings. The normalized spacial score (nSPS) is 37.7. The molecule has 4 nitrogen and oxygen atoms in total. The zero-order valence-electron chi connectivity index (χ0n) is 13.4. The van der Waals surface area contributed by atoms with Crippen LogP contribution < -0.4 is 5.73 Å². The standard InChI is InChI=1S/C17H31NO3/c1-19-16(13-5-3-2-4-6-13)15(18)14-7-9-21-17(11-14)8-10-20-12-17/h13-16H,2-12,18H2,1H3. The molecule has 1 aliphatic carbocycles. The van der Waals surface area contributed by atoms with E-state index in [9.17, 15) is 0 Å². The number of hydrogen-bond donors (Lipinski definition) is 1. The lowest BCUT2D eigenvalue weighted by Crippen LogP contribution is -2.52. The smallest absolute Gasteiger partial charge is 0.0939 e. The van der Waals surface area contributed by atoms with Crippen LogP contribution in [0.3, 0.4) is 0 Å². The maximum atomic E-state index is 6.66. The van der Waals surface area contributed by atoms with Crippen LogP contribution in [0.5, 0.6) is 0 Å². The van der Waals surface area contributed by atoms with E-state index >= 15 is 0 Å². The lowest BCUT2D eigenvalue weighted by atomic mass is 9.74. The second-order valence-corrected chi connectivity index (χ2v) is 7.26. The predicted molar refractivity (Wildman–Crippen MR) is 82.2 cm³/mol. The van der Waals surface area contributed by atoms with Crippen LogP contribution in [-0.2, 0) is 14.2 Å². The highest BCUT2D eigenvalue weighted by Gasteiger charge is 2.44. The van der Waals surface area contributed by atoms with Crippen LogP contribution in [-0.4, -0.2) is 44.7 Å². The summed E-state index contributed by atoms with van der Waals surface area (Å²) < 4.78 is 17.5. The first-order valence-corrected chi connectivity index (χ1v) is 8.74. The van der Waals surface area contributed by atoms with E-state index in [1.807, 2.05) is 7.11 Å². The number of hydrogen-bond acceptors (Lipinski definition) is 4. The Morgan fingerprint density at radius 3 is 2.57 bits per heavy atom. The highest BCUT2D eigenvalue weighted by molar-refractivity contribution is 4.96. The summed E-state index contributed by atoms with van der Waals surface area (Å²) in [5, 5.41) is 0. The minimum atomic E-state index is -0.0502. The van der Waals surface area contributed by atoms with E-state index in [2.05, 4.69) is 0 Å². The lowest BCUT2D eigenvalue weighted by molar-refractivity contribution is -0.112. The van der Waals surface area contributed by atoms with E-state index in [4.69, 9.17) is 19.9 Å². The van der Waals surface area contributed by atoms with Crippen molar-refractivity contribution in [2.75, 3.05) is 26.9 Å². The van der Waals surface area contributed by atoms with Crippen molar-refractivity contribution >= 4 is 0 Å². The van der Waals surface area contributed by atoms with Gasteiger partial charge in [-0.05, 0) is 37.5 Å². The summed E-state index contributed by atoms with van der Waals surface area (Å²) in [5.41, 5.74) is 6.61. The monoisotopic (exact) mass is 297 g/mol. The second kappa shape index (κ2) is 6.95. The fourth-order valence-electron chi connectivity index (χ4n) is 4.65. The number of methoxy groups -OCH3 is 1. The van der Waals surface area contributed by atoms with Gasteiger partial charge in [0.1, 0.15) is 0 Å². The topological polar surface area (TPSA) is 53.7 Å². The molecule has 2 saturated heterocycles. The molecule has 3 aliphatic rings. The molecule has 3 fully saturated rings. The maximum absolute atomic E-state index is 6.66. The van der Waals surface area contributed by atoms with Gasteiger partial charge in [0, 0.05) is 32.8 Å². The third kappa shape index (κ3) is 3.44. The summed E-state index contributed by atoms with van der Waals surface area (Å²) in [6.45, 7) is 2.40. The minimum Gasteiger partial charge on any atom is -0.380 e. The molecule has 4 unspecified atom stereocenters. The molecule has 2 N–H and O–H groups in total.